The molecule has 156 valence electrons. The van der Waals surface area contributed by atoms with Crippen LogP contribution in [-0.2, 0) is 17.9 Å². The van der Waals surface area contributed by atoms with E-state index in [4.69, 9.17) is 4.99 Å². The summed E-state index contributed by atoms with van der Waals surface area (Å²) in [5.41, 5.74) is 4.44. The lowest BCUT2D eigenvalue weighted by atomic mass is 9.85. The molecule has 0 aliphatic heterocycles. The molecule has 6 heteroatoms. The van der Waals surface area contributed by atoms with Crippen LogP contribution in [0.3, 0.4) is 0 Å². The lowest BCUT2D eigenvalue weighted by Crippen LogP contribution is -2.36. The Morgan fingerprint density at radius 2 is 1.90 bits per heavy atom. The third-order valence-corrected chi connectivity index (χ3v) is 5.14. The number of carbonyl (C=O) groups is 1. The summed E-state index contributed by atoms with van der Waals surface area (Å²) in [6, 6.07) is 16.3. The molecule has 1 amide bonds. The number of nitrogens with one attached hydrogen (secondary N) is 3. The van der Waals surface area contributed by atoms with Gasteiger partial charge in [0, 0.05) is 24.7 Å². The molecule has 1 aliphatic rings. The van der Waals surface area contributed by atoms with E-state index in [0.29, 0.717) is 6.54 Å². The maximum absolute atomic E-state index is 12.1. The number of benzene rings is 2. The van der Waals surface area contributed by atoms with Gasteiger partial charge in [-0.1, -0.05) is 42.8 Å². The second kappa shape index (κ2) is 11.8. The van der Waals surface area contributed by atoms with Crippen LogP contribution in [0.1, 0.15) is 42.9 Å². The Morgan fingerprint density at radius 1 is 1.10 bits per heavy atom. The van der Waals surface area contributed by atoms with Crippen molar-refractivity contribution in [3.63, 3.8) is 0 Å². The van der Waals surface area contributed by atoms with Crippen molar-refractivity contribution in [3.05, 3.63) is 65.2 Å². The number of carbonyl (C=O) groups excluding carboxylic acids is 1. The van der Waals surface area contributed by atoms with Crippen LogP contribution in [0.5, 0.6) is 0 Å². The van der Waals surface area contributed by atoms with E-state index >= 15 is 0 Å². The normalized spacial score (nSPS) is 13.8. The Balaban J connectivity index is 0.00000300. The standard InChI is InChI=1S/C23H30N4O.HI/c1-3-24-23(26-16-20-10-5-4-8-17(20)2)25-15-18-9-6-13-21(14-18)27-22(28)19-11-7-12-19;/h4-6,8-10,13-14,19H,3,7,11-12,15-16H2,1-2H3,(H,27,28)(H2,24,25,26);1H. The zero-order valence-electron chi connectivity index (χ0n) is 17.2. The number of aliphatic imine (C=N–C) groups is 1. The maximum atomic E-state index is 12.1. The Morgan fingerprint density at radius 3 is 2.59 bits per heavy atom. The van der Waals surface area contributed by atoms with Crippen molar-refractivity contribution >= 4 is 41.5 Å². The molecule has 5 nitrogen and oxygen atoms in total. The Labute approximate surface area is 190 Å². The van der Waals surface area contributed by atoms with E-state index in [1.165, 1.54) is 11.1 Å². The molecule has 2 aromatic rings. The average Bonchev–Trinajstić information content (AvgIpc) is 2.64. The van der Waals surface area contributed by atoms with Gasteiger partial charge in [-0.3, -0.25) is 4.79 Å². The molecule has 0 atom stereocenters. The van der Waals surface area contributed by atoms with Gasteiger partial charge in [-0.2, -0.15) is 0 Å². The maximum Gasteiger partial charge on any atom is 0.227 e. The molecule has 0 heterocycles. The third-order valence-electron chi connectivity index (χ3n) is 5.14. The monoisotopic (exact) mass is 506 g/mol. The fourth-order valence-corrected chi connectivity index (χ4v) is 3.16. The first-order chi connectivity index (χ1) is 13.7. The highest BCUT2D eigenvalue weighted by molar-refractivity contribution is 14.0. The summed E-state index contributed by atoms with van der Waals surface area (Å²) >= 11 is 0. The quantitative estimate of drug-likeness (QED) is 0.292. The van der Waals surface area contributed by atoms with Crippen molar-refractivity contribution in [2.45, 2.75) is 46.2 Å². The van der Waals surface area contributed by atoms with Crippen LogP contribution in [0.25, 0.3) is 0 Å². The highest BCUT2D eigenvalue weighted by Gasteiger charge is 2.25. The van der Waals surface area contributed by atoms with Gasteiger partial charge in [0.15, 0.2) is 5.96 Å². The molecule has 3 rings (SSSR count). The molecule has 1 fully saturated rings. The van der Waals surface area contributed by atoms with Crippen LogP contribution >= 0.6 is 24.0 Å². The first-order valence-electron chi connectivity index (χ1n) is 10.1. The van der Waals surface area contributed by atoms with Crippen LogP contribution in [0, 0.1) is 12.8 Å². The van der Waals surface area contributed by atoms with E-state index in [0.717, 1.165) is 49.6 Å². The second-order valence-corrected chi connectivity index (χ2v) is 7.29. The van der Waals surface area contributed by atoms with Crippen LogP contribution < -0.4 is 16.0 Å². The van der Waals surface area contributed by atoms with Gasteiger partial charge in [-0.05, 0) is 55.5 Å². The number of amides is 1. The van der Waals surface area contributed by atoms with E-state index in [1.807, 2.05) is 24.3 Å². The van der Waals surface area contributed by atoms with Crippen molar-refractivity contribution in [2.24, 2.45) is 10.9 Å². The largest absolute Gasteiger partial charge is 0.357 e. The van der Waals surface area contributed by atoms with Crippen LogP contribution in [-0.4, -0.2) is 18.4 Å². The summed E-state index contributed by atoms with van der Waals surface area (Å²) in [6.45, 7) is 6.26. The molecule has 3 N–H and O–H groups in total. The third kappa shape index (κ3) is 7.03. The summed E-state index contributed by atoms with van der Waals surface area (Å²) in [6.07, 6.45) is 3.18. The number of hydrogen-bond acceptors (Lipinski definition) is 2. The molecule has 0 aromatic heterocycles. The summed E-state index contributed by atoms with van der Waals surface area (Å²) in [5.74, 6) is 1.11. The minimum absolute atomic E-state index is 0. The summed E-state index contributed by atoms with van der Waals surface area (Å²) in [5, 5.41) is 9.71. The summed E-state index contributed by atoms with van der Waals surface area (Å²) in [4.78, 5) is 16.8. The lowest BCUT2D eigenvalue weighted by Gasteiger charge is -2.24. The molecule has 1 saturated carbocycles. The van der Waals surface area contributed by atoms with Gasteiger partial charge in [-0.15, -0.1) is 24.0 Å². The Kier molecular flexibility index (Phi) is 9.44. The Hall–Kier alpha value is -2.09. The van der Waals surface area contributed by atoms with E-state index in [-0.39, 0.29) is 35.8 Å². The zero-order chi connectivity index (χ0) is 19.8. The Bertz CT molecular complexity index is 833. The first-order valence-corrected chi connectivity index (χ1v) is 10.1. The van der Waals surface area contributed by atoms with Gasteiger partial charge < -0.3 is 16.0 Å². The molecule has 29 heavy (non-hydrogen) atoms. The van der Waals surface area contributed by atoms with E-state index < -0.39 is 0 Å². The smallest absolute Gasteiger partial charge is 0.227 e. The predicted molar refractivity (Wildman–Crippen MR) is 131 cm³/mol. The van der Waals surface area contributed by atoms with Crippen LogP contribution in [0.15, 0.2) is 53.5 Å². The van der Waals surface area contributed by atoms with Crippen molar-refractivity contribution in [1.82, 2.24) is 10.6 Å². The van der Waals surface area contributed by atoms with Crippen molar-refractivity contribution < 1.29 is 4.79 Å². The first kappa shape index (κ1) is 23.2. The van der Waals surface area contributed by atoms with E-state index in [9.17, 15) is 4.79 Å². The molecule has 0 unspecified atom stereocenters. The molecular formula is C23H31IN4O. The minimum Gasteiger partial charge on any atom is -0.357 e. The highest BCUT2D eigenvalue weighted by Crippen LogP contribution is 2.27. The number of anilines is 1. The summed E-state index contributed by atoms with van der Waals surface area (Å²) < 4.78 is 0. The number of nitrogens with zero attached hydrogens (tertiary/aromatic N) is 1. The summed E-state index contributed by atoms with van der Waals surface area (Å²) in [7, 11) is 0. The fraction of sp³-hybridized carbons (Fsp3) is 0.391. The molecule has 0 radical (unpaired) electrons. The van der Waals surface area contributed by atoms with Gasteiger partial charge >= 0.3 is 0 Å². The number of halogens is 1. The number of rotatable bonds is 7. The van der Waals surface area contributed by atoms with Crippen molar-refractivity contribution in [3.8, 4) is 0 Å². The van der Waals surface area contributed by atoms with Crippen molar-refractivity contribution in [1.29, 1.82) is 0 Å². The fourth-order valence-electron chi connectivity index (χ4n) is 3.16. The molecule has 0 bridgehead atoms. The minimum atomic E-state index is 0. The molecule has 1 aliphatic carbocycles. The average molecular weight is 506 g/mol. The van der Waals surface area contributed by atoms with Gasteiger partial charge in [0.05, 0.1) is 6.54 Å². The molecule has 2 aromatic carbocycles. The van der Waals surface area contributed by atoms with Gasteiger partial charge in [0.25, 0.3) is 0 Å². The molecule has 0 saturated heterocycles. The lowest BCUT2D eigenvalue weighted by molar-refractivity contribution is -0.122. The predicted octanol–water partition coefficient (Wildman–Crippen LogP) is 4.61. The molecule has 0 spiro atoms. The van der Waals surface area contributed by atoms with Gasteiger partial charge in [0.1, 0.15) is 0 Å². The number of hydrogen-bond donors (Lipinski definition) is 3. The second-order valence-electron chi connectivity index (χ2n) is 7.29. The molecular weight excluding hydrogens is 475 g/mol. The zero-order valence-corrected chi connectivity index (χ0v) is 19.5. The number of guanidine groups is 1. The SMILES string of the molecule is CCNC(=NCc1cccc(NC(=O)C2CCC2)c1)NCc1ccccc1C.I. The highest BCUT2D eigenvalue weighted by atomic mass is 127. The topological polar surface area (TPSA) is 65.5 Å². The van der Waals surface area contributed by atoms with Gasteiger partial charge in [-0.25, -0.2) is 4.99 Å². The van der Waals surface area contributed by atoms with E-state index in [1.54, 1.807) is 0 Å². The van der Waals surface area contributed by atoms with Crippen LogP contribution in [0.2, 0.25) is 0 Å². The van der Waals surface area contributed by atoms with Crippen LogP contribution in [0.4, 0.5) is 5.69 Å². The van der Waals surface area contributed by atoms with Crippen molar-refractivity contribution in [2.75, 3.05) is 11.9 Å². The number of aryl methyl sites for hydroxylation is 1. The van der Waals surface area contributed by atoms with Gasteiger partial charge in [0.2, 0.25) is 5.91 Å². The van der Waals surface area contributed by atoms with E-state index in [2.05, 4.69) is 54.1 Å².